The summed E-state index contributed by atoms with van der Waals surface area (Å²) in [7, 11) is 0. The number of nitrogens with zero attached hydrogens (tertiary/aromatic N) is 1. The zero-order valence-corrected chi connectivity index (χ0v) is 16.2. The second kappa shape index (κ2) is 8.14. The highest BCUT2D eigenvalue weighted by Crippen LogP contribution is 2.36. The number of aryl methyl sites for hydroxylation is 2. The molecule has 0 radical (unpaired) electrons. The molecule has 1 aromatic carbocycles. The van der Waals surface area contributed by atoms with Crippen molar-refractivity contribution in [2.24, 2.45) is 0 Å². The first-order valence-electron chi connectivity index (χ1n) is 8.60. The van der Waals surface area contributed by atoms with E-state index in [4.69, 9.17) is 4.74 Å². The van der Waals surface area contributed by atoms with Crippen LogP contribution in [0.1, 0.15) is 39.0 Å². The number of amides is 1. The van der Waals surface area contributed by atoms with Crippen LogP contribution in [0.3, 0.4) is 0 Å². The lowest BCUT2D eigenvalue weighted by Gasteiger charge is -2.09. The Morgan fingerprint density at radius 2 is 1.89 bits per heavy atom. The van der Waals surface area contributed by atoms with Crippen LogP contribution in [-0.4, -0.2) is 23.5 Å². The number of esters is 1. The first kappa shape index (κ1) is 18.8. The normalized spacial score (nSPS) is 10.5. The Morgan fingerprint density at radius 3 is 2.56 bits per heavy atom. The lowest BCUT2D eigenvalue weighted by atomic mass is 10.0. The summed E-state index contributed by atoms with van der Waals surface area (Å²) in [5, 5.41) is 5.14. The van der Waals surface area contributed by atoms with Crippen LogP contribution in [0.15, 0.2) is 47.8 Å². The summed E-state index contributed by atoms with van der Waals surface area (Å²) in [6.07, 6.45) is 0. The number of hydrogen-bond donors (Lipinski definition) is 1. The minimum atomic E-state index is -0.457. The molecule has 138 valence electrons. The first-order valence-corrected chi connectivity index (χ1v) is 9.48. The molecule has 0 aliphatic rings. The van der Waals surface area contributed by atoms with E-state index in [1.165, 1.54) is 11.3 Å². The second-order valence-electron chi connectivity index (χ2n) is 6.07. The molecule has 0 atom stereocenters. The van der Waals surface area contributed by atoms with E-state index in [1.54, 1.807) is 13.0 Å². The maximum atomic E-state index is 12.7. The van der Waals surface area contributed by atoms with Gasteiger partial charge in [0.05, 0.1) is 6.61 Å². The van der Waals surface area contributed by atoms with Gasteiger partial charge in [-0.05, 0) is 44.0 Å². The van der Waals surface area contributed by atoms with Crippen molar-refractivity contribution >= 4 is 28.2 Å². The van der Waals surface area contributed by atoms with E-state index < -0.39 is 5.97 Å². The number of benzene rings is 1. The molecule has 0 unspecified atom stereocenters. The summed E-state index contributed by atoms with van der Waals surface area (Å²) in [4.78, 5) is 29.5. The molecule has 0 saturated carbocycles. The van der Waals surface area contributed by atoms with Gasteiger partial charge in [0, 0.05) is 16.6 Å². The maximum absolute atomic E-state index is 12.7. The summed E-state index contributed by atoms with van der Waals surface area (Å²) in [5.74, 6) is -0.810. The average molecular weight is 380 g/mol. The van der Waals surface area contributed by atoms with Crippen molar-refractivity contribution in [1.82, 2.24) is 4.98 Å². The van der Waals surface area contributed by atoms with E-state index in [0.717, 1.165) is 22.4 Å². The van der Waals surface area contributed by atoms with Crippen molar-refractivity contribution in [2.45, 2.75) is 20.8 Å². The fraction of sp³-hybridized carbons (Fsp3) is 0.190. The van der Waals surface area contributed by atoms with Crippen molar-refractivity contribution in [3.8, 4) is 11.1 Å². The third kappa shape index (κ3) is 4.23. The number of carbonyl (C=O) groups is 2. The minimum absolute atomic E-state index is 0.259. The van der Waals surface area contributed by atoms with E-state index in [2.05, 4.69) is 10.3 Å². The lowest BCUT2D eigenvalue weighted by molar-refractivity contribution is 0.0529. The molecule has 1 amide bonds. The number of hydrogen-bond acceptors (Lipinski definition) is 5. The van der Waals surface area contributed by atoms with Gasteiger partial charge in [0.15, 0.2) is 0 Å². The number of ether oxygens (including phenoxy) is 1. The monoisotopic (exact) mass is 380 g/mol. The number of thiophene rings is 1. The summed E-state index contributed by atoms with van der Waals surface area (Å²) in [6.45, 7) is 5.76. The Kier molecular flexibility index (Phi) is 5.66. The molecule has 0 bridgehead atoms. The van der Waals surface area contributed by atoms with Crippen LogP contribution in [0.4, 0.5) is 5.00 Å². The van der Waals surface area contributed by atoms with Crippen LogP contribution in [0.2, 0.25) is 0 Å². The first-order chi connectivity index (χ1) is 13.0. The number of nitrogens with one attached hydrogen (secondary N) is 1. The number of aromatic nitrogens is 1. The van der Waals surface area contributed by atoms with E-state index in [0.29, 0.717) is 16.3 Å². The zero-order chi connectivity index (χ0) is 19.4. The number of anilines is 1. The molecule has 3 rings (SSSR count). The van der Waals surface area contributed by atoms with E-state index in [9.17, 15) is 9.59 Å². The Bertz CT molecular complexity index is 960. The molecule has 0 aliphatic heterocycles. The predicted molar refractivity (Wildman–Crippen MR) is 107 cm³/mol. The zero-order valence-electron chi connectivity index (χ0n) is 15.4. The third-order valence-corrected chi connectivity index (χ3v) is 4.81. The maximum Gasteiger partial charge on any atom is 0.341 e. The quantitative estimate of drug-likeness (QED) is 0.642. The van der Waals surface area contributed by atoms with E-state index in [-0.39, 0.29) is 12.5 Å². The number of pyridine rings is 1. The highest BCUT2D eigenvalue weighted by molar-refractivity contribution is 7.15. The lowest BCUT2D eigenvalue weighted by Crippen LogP contribution is -2.16. The Hall–Kier alpha value is -2.99. The fourth-order valence-corrected chi connectivity index (χ4v) is 3.76. The van der Waals surface area contributed by atoms with Gasteiger partial charge in [0.1, 0.15) is 16.3 Å². The summed E-state index contributed by atoms with van der Waals surface area (Å²) in [6, 6.07) is 13.2. The van der Waals surface area contributed by atoms with Gasteiger partial charge in [-0.15, -0.1) is 11.3 Å². The molecule has 0 saturated heterocycles. The second-order valence-corrected chi connectivity index (χ2v) is 6.94. The molecule has 6 heteroatoms. The number of carbonyl (C=O) groups excluding carboxylic acids is 2. The summed E-state index contributed by atoms with van der Waals surface area (Å²) >= 11 is 1.30. The Labute approximate surface area is 162 Å². The smallest absolute Gasteiger partial charge is 0.341 e. The predicted octanol–water partition coefficient (Wildman–Crippen LogP) is 4.86. The van der Waals surface area contributed by atoms with Crippen molar-refractivity contribution in [3.05, 3.63) is 70.4 Å². The number of rotatable bonds is 5. The van der Waals surface area contributed by atoms with Crippen LogP contribution >= 0.6 is 11.3 Å². The van der Waals surface area contributed by atoms with Gasteiger partial charge in [-0.3, -0.25) is 4.79 Å². The van der Waals surface area contributed by atoms with Gasteiger partial charge >= 0.3 is 5.97 Å². The van der Waals surface area contributed by atoms with Crippen molar-refractivity contribution in [1.29, 1.82) is 0 Å². The van der Waals surface area contributed by atoms with Crippen LogP contribution in [0, 0.1) is 13.8 Å². The molecule has 27 heavy (non-hydrogen) atoms. The molecule has 0 fully saturated rings. The molecule has 1 N–H and O–H groups in total. The summed E-state index contributed by atoms with van der Waals surface area (Å²) < 4.78 is 5.22. The van der Waals surface area contributed by atoms with Crippen LogP contribution in [0.5, 0.6) is 0 Å². The van der Waals surface area contributed by atoms with Crippen molar-refractivity contribution in [2.75, 3.05) is 11.9 Å². The molecular weight excluding hydrogens is 360 g/mol. The van der Waals surface area contributed by atoms with E-state index in [1.807, 2.05) is 55.6 Å². The van der Waals surface area contributed by atoms with Gasteiger partial charge in [-0.2, -0.15) is 0 Å². The van der Waals surface area contributed by atoms with Crippen molar-refractivity contribution in [3.63, 3.8) is 0 Å². The Morgan fingerprint density at radius 1 is 1.15 bits per heavy atom. The SMILES string of the molecule is CCOC(=O)c1c(-c2ccccc2)csc1NC(=O)c1cc(C)cc(C)n1. The van der Waals surface area contributed by atoms with E-state index >= 15 is 0 Å². The van der Waals surface area contributed by atoms with Crippen LogP contribution in [0.25, 0.3) is 11.1 Å². The molecule has 5 nitrogen and oxygen atoms in total. The Balaban J connectivity index is 1.98. The van der Waals surface area contributed by atoms with Crippen LogP contribution in [-0.2, 0) is 4.74 Å². The van der Waals surface area contributed by atoms with Gasteiger partial charge in [-0.25, -0.2) is 9.78 Å². The minimum Gasteiger partial charge on any atom is -0.462 e. The molecule has 3 aromatic rings. The van der Waals surface area contributed by atoms with Gasteiger partial charge in [-0.1, -0.05) is 30.3 Å². The molecule has 0 spiro atoms. The topological polar surface area (TPSA) is 68.3 Å². The molecular formula is C21H20N2O3S. The molecule has 0 aliphatic carbocycles. The van der Waals surface area contributed by atoms with Gasteiger partial charge in [0.2, 0.25) is 0 Å². The highest BCUT2D eigenvalue weighted by atomic mass is 32.1. The highest BCUT2D eigenvalue weighted by Gasteiger charge is 2.23. The fourth-order valence-electron chi connectivity index (χ4n) is 2.81. The average Bonchev–Trinajstić information content (AvgIpc) is 3.05. The summed E-state index contributed by atoms with van der Waals surface area (Å²) in [5.41, 5.74) is 4.03. The standard InChI is InChI=1S/C21H20N2O3S/c1-4-26-21(25)18-16(15-8-6-5-7-9-15)12-27-20(18)23-19(24)17-11-13(2)10-14(3)22-17/h5-12H,4H2,1-3H3,(H,23,24). The van der Waals surface area contributed by atoms with Gasteiger partial charge < -0.3 is 10.1 Å². The molecule has 2 aromatic heterocycles. The third-order valence-electron chi connectivity index (χ3n) is 3.91. The largest absolute Gasteiger partial charge is 0.462 e. The van der Waals surface area contributed by atoms with Crippen molar-refractivity contribution < 1.29 is 14.3 Å². The van der Waals surface area contributed by atoms with Gasteiger partial charge in [0.25, 0.3) is 5.91 Å². The molecule has 2 heterocycles. The van der Waals surface area contributed by atoms with Crippen LogP contribution < -0.4 is 5.32 Å².